The second kappa shape index (κ2) is 8.34. The average molecular weight is 331 g/mol. The van der Waals surface area contributed by atoms with Gasteiger partial charge in [0.15, 0.2) is 6.10 Å². The fourth-order valence-corrected chi connectivity index (χ4v) is 2.28. The topological polar surface area (TPSA) is 47.6 Å². The lowest BCUT2D eigenvalue weighted by atomic mass is 10.1. The van der Waals surface area contributed by atoms with Gasteiger partial charge in [0.25, 0.3) is 5.91 Å². The number of carbonyl (C=O) groups excluding carboxylic acids is 1. The Morgan fingerprint density at radius 3 is 2.21 bits per heavy atom. The molecule has 24 heavy (non-hydrogen) atoms. The Kier molecular flexibility index (Phi) is 6.18. The monoisotopic (exact) mass is 331 g/mol. The molecule has 2 aromatic rings. The summed E-state index contributed by atoms with van der Waals surface area (Å²) in [6.45, 7) is 3.74. The second-order valence-electron chi connectivity index (χ2n) is 5.47. The van der Waals surface area contributed by atoms with Gasteiger partial charge in [-0.25, -0.2) is 4.39 Å². The van der Waals surface area contributed by atoms with Crippen LogP contribution in [0.15, 0.2) is 48.5 Å². The molecule has 0 saturated carbocycles. The highest BCUT2D eigenvalue weighted by Gasteiger charge is 2.20. The Hall–Kier alpha value is -2.56. The summed E-state index contributed by atoms with van der Waals surface area (Å²) in [5, 5.41) is 2.90. The van der Waals surface area contributed by atoms with E-state index in [9.17, 15) is 9.18 Å². The predicted molar refractivity (Wildman–Crippen MR) is 90.7 cm³/mol. The van der Waals surface area contributed by atoms with Crippen LogP contribution in [0.5, 0.6) is 11.5 Å². The molecule has 2 rings (SSSR count). The molecular weight excluding hydrogens is 309 g/mol. The van der Waals surface area contributed by atoms with E-state index >= 15 is 0 Å². The largest absolute Gasteiger partial charge is 0.497 e. The maximum absolute atomic E-state index is 13.0. The normalized spacial score (nSPS) is 13.0. The molecule has 0 aliphatic rings. The Bertz CT molecular complexity index is 655. The molecule has 0 aromatic heterocycles. The SMILES string of the molecule is CC[C@@H](Oc1ccc(OC)cc1)C(=O)N[C@@H](C)c1ccc(F)cc1. The molecular formula is C19H22FNO3. The van der Waals surface area contributed by atoms with Crippen LogP contribution in [0.4, 0.5) is 4.39 Å². The minimum atomic E-state index is -0.596. The maximum Gasteiger partial charge on any atom is 0.261 e. The van der Waals surface area contributed by atoms with Crippen molar-refractivity contribution >= 4 is 5.91 Å². The van der Waals surface area contributed by atoms with Gasteiger partial charge in [0, 0.05) is 0 Å². The molecule has 5 heteroatoms. The highest BCUT2D eigenvalue weighted by atomic mass is 19.1. The molecule has 1 amide bonds. The summed E-state index contributed by atoms with van der Waals surface area (Å²) in [6.07, 6.45) is -0.0603. The Morgan fingerprint density at radius 1 is 1.08 bits per heavy atom. The average Bonchev–Trinajstić information content (AvgIpc) is 2.60. The van der Waals surface area contributed by atoms with Gasteiger partial charge in [0.2, 0.25) is 0 Å². The van der Waals surface area contributed by atoms with Crippen LogP contribution in [-0.4, -0.2) is 19.1 Å². The van der Waals surface area contributed by atoms with E-state index in [0.717, 1.165) is 11.3 Å². The lowest BCUT2D eigenvalue weighted by Crippen LogP contribution is -2.39. The smallest absolute Gasteiger partial charge is 0.261 e. The van der Waals surface area contributed by atoms with Gasteiger partial charge in [0.05, 0.1) is 13.2 Å². The third kappa shape index (κ3) is 4.72. The van der Waals surface area contributed by atoms with Gasteiger partial charge in [-0.3, -0.25) is 4.79 Å². The number of halogens is 1. The van der Waals surface area contributed by atoms with Gasteiger partial charge >= 0.3 is 0 Å². The molecule has 0 heterocycles. The van der Waals surface area contributed by atoms with Crippen molar-refractivity contribution in [2.75, 3.05) is 7.11 Å². The number of benzene rings is 2. The molecule has 0 aliphatic heterocycles. The van der Waals surface area contributed by atoms with Gasteiger partial charge in [-0.15, -0.1) is 0 Å². The first kappa shape index (κ1) is 17.8. The highest BCUT2D eigenvalue weighted by molar-refractivity contribution is 5.81. The minimum Gasteiger partial charge on any atom is -0.497 e. The zero-order valence-electron chi connectivity index (χ0n) is 14.1. The summed E-state index contributed by atoms with van der Waals surface area (Å²) >= 11 is 0. The van der Waals surface area contributed by atoms with Crippen LogP contribution in [0.25, 0.3) is 0 Å². The van der Waals surface area contributed by atoms with Crippen LogP contribution in [0.1, 0.15) is 31.9 Å². The molecule has 1 N–H and O–H groups in total. The van der Waals surface area contributed by atoms with Gasteiger partial charge in [-0.05, 0) is 55.3 Å². The van der Waals surface area contributed by atoms with Crippen molar-refractivity contribution in [3.05, 3.63) is 59.9 Å². The van der Waals surface area contributed by atoms with E-state index in [0.29, 0.717) is 12.2 Å². The molecule has 0 bridgehead atoms. The molecule has 0 fully saturated rings. The fraction of sp³-hybridized carbons (Fsp3) is 0.316. The van der Waals surface area contributed by atoms with Crippen molar-refractivity contribution in [3.63, 3.8) is 0 Å². The number of methoxy groups -OCH3 is 1. The molecule has 0 spiro atoms. The molecule has 2 aromatic carbocycles. The van der Waals surface area contributed by atoms with Crippen LogP contribution in [0.3, 0.4) is 0 Å². The number of hydrogen-bond acceptors (Lipinski definition) is 3. The second-order valence-corrected chi connectivity index (χ2v) is 5.47. The van der Waals surface area contributed by atoms with Gasteiger partial charge in [0.1, 0.15) is 17.3 Å². The molecule has 0 unspecified atom stereocenters. The first-order valence-electron chi connectivity index (χ1n) is 7.90. The third-order valence-corrected chi connectivity index (χ3v) is 3.73. The van der Waals surface area contributed by atoms with E-state index in [4.69, 9.17) is 9.47 Å². The Morgan fingerprint density at radius 2 is 1.67 bits per heavy atom. The Balaban J connectivity index is 1.98. The van der Waals surface area contributed by atoms with Gasteiger partial charge in [-0.2, -0.15) is 0 Å². The van der Waals surface area contributed by atoms with Crippen molar-refractivity contribution in [2.45, 2.75) is 32.4 Å². The first-order chi connectivity index (χ1) is 11.5. The maximum atomic E-state index is 13.0. The zero-order valence-corrected chi connectivity index (χ0v) is 14.1. The Labute approximate surface area is 141 Å². The lowest BCUT2D eigenvalue weighted by Gasteiger charge is -2.21. The number of rotatable bonds is 7. The molecule has 0 aliphatic carbocycles. The van der Waals surface area contributed by atoms with Gasteiger partial charge < -0.3 is 14.8 Å². The predicted octanol–water partition coefficient (Wildman–Crippen LogP) is 3.87. The van der Waals surface area contributed by atoms with E-state index < -0.39 is 6.10 Å². The number of ether oxygens (including phenoxy) is 2. The van der Waals surface area contributed by atoms with Crippen molar-refractivity contribution in [1.82, 2.24) is 5.32 Å². The molecule has 2 atom stereocenters. The quantitative estimate of drug-likeness (QED) is 0.838. The van der Waals surface area contributed by atoms with Crippen molar-refractivity contribution < 1.29 is 18.7 Å². The van der Waals surface area contributed by atoms with E-state index in [1.54, 1.807) is 43.5 Å². The van der Waals surface area contributed by atoms with Crippen molar-refractivity contribution in [3.8, 4) is 11.5 Å². The molecule has 0 radical (unpaired) electrons. The highest BCUT2D eigenvalue weighted by Crippen LogP contribution is 2.20. The summed E-state index contributed by atoms with van der Waals surface area (Å²) in [6, 6.07) is 12.9. The number of amides is 1. The summed E-state index contributed by atoms with van der Waals surface area (Å²) in [4.78, 5) is 12.4. The van der Waals surface area contributed by atoms with Crippen LogP contribution < -0.4 is 14.8 Å². The van der Waals surface area contributed by atoms with Crippen LogP contribution >= 0.6 is 0 Å². The van der Waals surface area contributed by atoms with Crippen molar-refractivity contribution in [1.29, 1.82) is 0 Å². The number of hydrogen-bond donors (Lipinski definition) is 1. The van der Waals surface area contributed by atoms with E-state index in [1.165, 1.54) is 12.1 Å². The van der Waals surface area contributed by atoms with Crippen LogP contribution in [0.2, 0.25) is 0 Å². The third-order valence-electron chi connectivity index (χ3n) is 3.73. The summed E-state index contributed by atoms with van der Waals surface area (Å²) in [5.41, 5.74) is 0.837. The van der Waals surface area contributed by atoms with Gasteiger partial charge in [-0.1, -0.05) is 19.1 Å². The standard InChI is InChI=1S/C19H22FNO3/c1-4-18(24-17-11-9-16(23-3)10-12-17)19(22)21-13(2)14-5-7-15(20)8-6-14/h5-13,18H,4H2,1-3H3,(H,21,22)/t13-,18+/m0/s1. The molecule has 0 saturated heterocycles. The number of nitrogens with one attached hydrogen (secondary N) is 1. The van der Waals surface area contributed by atoms with Crippen molar-refractivity contribution in [2.24, 2.45) is 0 Å². The van der Waals surface area contributed by atoms with Crippen LogP contribution in [0, 0.1) is 5.82 Å². The van der Waals surface area contributed by atoms with E-state index in [1.807, 2.05) is 13.8 Å². The van der Waals surface area contributed by atoms with E-state index in [2.05, 4.69) is 5.32 Å². The number of carbonyl (C=O) groups is 1. The first-order valence-corrected chi connectivity index (χ1v) is 7.90. The summed E-state index contributed by atoms with van der Waals surface area (Å²) in [7, 11) is 1.59. The minimum absolute atomic E-state index is 0.204. The summed E-state index contributed by atoms with van der Waals surface area (Å²) in [5.74, 6) is 0.828. The molecule has 4 nitrogen and oxygen atoms in total. The van der Waals surface area contributed by atoms with Crippen LogP contribution in [-0.2, 0) is 4.79 Å². The summed E-state index contributed by atoms with van der Waals surface area (Å²) < 4.78 is 23.8. The molecule has 128 valence electrons. The zero-order chi connectivity index (χ0) is 17.5. The lowest BCUT2D eigenvalue weighted by molar-refractivity contribution is -0.128. The van der Waals surface area contributed by atoms with E-state index in [-0.39, 0.29) is 17.8 Å². The fourth-order valence-electron chi connectivity index (χ4n) is 2.28.